The summed E-state index contributed by atoms with van der Waals surface area (Å²) in [5, 5.41) is 0.520. The van der Waals surface area contributed by atoms with Crippen LogP contribution < -0.4 is 4.74 Å². The minimum atomic E-state index is 0.143. The van der Waals surface area contributed by atoms with Crippen molar-refractivity contribution in [1.82, 2.24) is 9.97 Å². The van der Waals surface area contributed by atoms with Gasteiger partial charge in [0.1, 0.15) is 11.5 Å². The predicted molar refractivity (Wildman–Crippen MR) is 50.2 cm³/mol. The Bertz CT molecular complexity index is 336. The van der Waals surface area contributed by atoms with Crippen molar-refractivity contribution in [3.8, 4) is 5.88 Å². The topological polar surface area (TPSA) is 35.0 Å². The van der Waals surface area contributed by atoms with Gasteiger partial charge in [-0.15, -0.1) is 0 Å². The summed E-state index contributed by atoms with van der Waals surface area (Å²) in [5.74, 6) is 0.611. The van der Waals surface area contributed by atoms with E-state index in [1.165, 1.54) is 6.33 Å². The van der Waals surface area contributed by atoms with E-state index >= 15 is 0 Å². The number of ether oxygens (including phenoxy) is 1. The molecular weight excluding hydrogens is 188 g/mol. The van der Waals surface area contributed by atoms with Crippen LogP contribution in [0.25, 0.3) is 0 Å². The number of methoxy groups -OCH3 is 1. The Balaban J connectivity index is 2.52. The average molecular weight is 199 g/mol. The van der Waals surface area contributed by atoms with E-state index in [1.54, 1.807) is 7.11 Å². The molecule has 70 valence electrons. The number of hydrogen-bond donors (Lipinski definition) is 0. The molecule has 0 spiro atoms. The van der Waals surface area contributed by atoms with Gasteiger partial charge in [0, 0.05) is 5.41 Å². The summed E-state index contributed by atoms with van der Waals surface area (Å²) in [6.45, 7) is 2.15. The van der Waals surface area contributed by atoms with Crippen molar-refractivity contribution in [1.29, 1.82) is 0 Å². The van der Waals surface area contributed by atoms with Crippen molar-refractivity contribution in [2.24, 2.45) is 0 Å². The first-order valence-corrected chi connectivity index (χ1v) is 4.60. The quantitative estimate of drug-likeness (QED) is 0.684. The molecule has 0 aliphatic heterocycles. The number of halogens is 1. The van der Waals surface area contributed by atoms with Crippen molar-refractivity contribution in [3.63, 3.8) is 0 Å². The first-order valence-electron chi connectivity index (χ1n) is 4.22. The number of nitrogens with zero attached hydrogens (tertiary/aromatic N) is 2. The van der Waals surface area contributed by atoms with Crippen LogP contribution in [0, 0.1) is 0 Å². The van der Waals surface area contributed by atoms with Crippen molar-refractivity contribution in [2.75, 3.05) is 7.11 Å². The van der Waals surface area contributed by atoms with Gasteiger partial charge in [-0.05, 0) is 12.8 Å². The van der Waals surface area contributed by atoms with Gasteiger partial charge in [0.15, 0.2) is 0 Å². The van der Waals surface area contributed by atoms with Crippen LogP contribution in [0.2, 0.25) is 5.15 Å². The second-order valence-corrected chi connectivity index (χ2v) is 3.97. The smallest absolute Gasteiger partial charge is 0.221 e. The molecule has 2 rings (SSSR count). The largest absolute Gasteiger partial charge is 0.481 e. The van der Waals surface area contributed by atoms with Crippen LogP contribution in [-0.4, -0.2) is 17.1 Å². The van der Waals surface area contributed by atoms with Crippen LogP contribution in [0.15, 0.2) is 6.33 Å². The Kier molecular flexibility index (Phi) is 1.91. The molecule has 13 heavy (non-hydrogen) atoms. The lowest BCUT2D eigenvalue weighted by molar-refractivity contribution is 0.387. The van der Waals surface area contributed by atoms with E-state index in [0.717, 1.165) is 18.4 Å². The third-order valence-corrected chi connectivity index (χ3v) is 2.85. The molecule has 0 N–H and O–H groups in total. The molecule has 0 radical (unpaired) electrons. The van der Waals surface area contributed by atoms with E-state index in [0.29, 0.717) is 11.0 Å². The van der Waals surface area contributed by atoms with E-state index in [2.05, 4.69) is 16.9 Å². The fraction of sp³-hybridized carbons (Fsp3) is 0.556. The first-order chi connectivity index (χ1) is 6.17. The minimum Gasteiger partial charge on any atom is -0.481 e. The van der Waals surface area contributed by atoms with Crippen molar-refractivity contribution in [2.45, 2.75) is 25.2 Å². The summed E-state index contributed by atoms with van der Waals surface area (Å²) in [7, 11) is 1.61. The van der Waals surface area contributed by atoms with E-state index < -0.39 is 0 Å². The van der Waals surface area contributed by atoms with Crippen LogP contribution in [0.1, 0.15) is 25.3 Å². The molecule has 1 aromatic heterocycles. The van der Waals surface area contributed by atoms with Gasteiger partial charge in [-0.1, -0.05) is 18.5 Å². The van der Waals surface area contributed by atoms with Crippen LogP contribution in [0.5, 0.6) is 5.88 Å². The fourth-order valence-corrected chi connectivity index (χ4v) is 1.80. The summed E-state index contributed by atoms with van der Waals surface area (Å²) < 4.78 is 5.16. The lowest BCUT2D eigenvalue weighted by Gasteiger charge is -2.13. The van der Waals surface area contributed by atoms with Crippen LogP contribution in [-0.2, 0) is 5.41 Å². The molecule has 0 amide bonds. The lowest BCUT2D eigenvalue weighted by atomic mass is 10.0. The zero-order valence-electron chi connectivity index (χ0n) is 7.67. The summed E-state index contributed by atoms with van der Waals surface area (Å²) in [6, 6.07) is 0. The maximum Gasteiger partial charge on any atom is 0.221 e. The fourth-order valence-electron chi connectivity index (χ4n) is 1.45. The second-order valence-electron chi connectivity index (χ2n) is 3.61. The van der Waals surface area contributed by atoms with Crippen LogP contribution in [0.4, 0.5) is 0 Å². The molecule has 1 heterocycles. The lowest BCUT2D eigenvalue weighted by Crippen LogP contribution is -2.06. The Morgan fingerprint density at radius 3 is 2.69 bits per heavy atom. The molecule has 0 unspecified atom stereocenters. The number of aromatic nitrogens is 2. The van der Waals surface area contributed by atoms with Gasteiger partial charge in [0.05, 0.1) is 12.7 Å². The normalized spacial score (nSPS) is 18.4. The molecule has 1 aliphatic rings. The van der Waals surface area contributed by atoms with Gasteiger partial charge in [0.25, 0.3) is 0 Å². The Morgan fingerprint density at radius 1 is 1.46 bits per heavy atom. The van der Waals surface area contributed by atoms with Crippen molar-refractivity contribution < 1.29 is 4.74 Å². The molecule has 1 saturated carbocycles. The third-order valence-electron chi connectivity index (χ3n) is 2.56. The van der Waals surface area contributed by atoms with Crippen molar-refractivity contribution in [3.05, 3.63) is 17.0 Å². The van der Waals surface area contributed by atoms with Crippen LogP contribution in [0.3, 0.4) is 0 Å². The zero-order chi connectivity index (χ0) is 9.47. The molecule has 4 heteroatoms. The van der Waals surface area contributed by atoms with Crippen molar-refractivity contribution >= 4 is 11.6 Å². The van der Waals surface area contributed by atoms with E-state index in [-0.39, 0.29) is 5.41 Å². The Labute approximate surface area is 82.1 Å². The summed E-state index contributed by atoms with van der Waals surface area (Å²) in [6.07, 6.45) is 3.70. The zero-order valence-corrected chi connectivity index (χ0v) is 8.43. The molecule has 0 aromatic carbocycles. The maximum atomic E-state index is 6.00. The van der Waals surface area contributed by atoms with E-state index in [4.69, 9.17) is 16.3 Å². The SMILES string of the molecule is COc1ncnc(Cl)c1C1(C)CC1. The Morgan fingerprint density at radius 2 is 2.15 bits per heavy atom. The van der Waals surface area contributed by atoms with Gasteiger partial charge in [0.2, 0.25) is 5.88 Å². The molecule has 0 bridgehead atoms. The standard InChI is InChI=1S/C9H11ClN2O/c1-9(3-4-9)6-7(10)11-5-12-8(6)13-2/h5H,3-4H2,1-2H3. The maximum absolute atomic E-state index is 6.00. The predicted octanol–water partition coefficient (Wildman–Crippen LogP) is 2.19. The first kappa shape index (κ1) is 8.75. The van der Waals surface area contributed by atoms with E-state index in [1.807, 2.05) is 0 Å². The van der Waals surface area contributed by atoms with Gasteiger partial charge < -0.3 is 4.74 Å². The highest BCUT2D eigenvalue weighted by atomic mass is 35.5. The highest BCUT2D eigenvalue weighted by molar-refractivity contribution is 6.30. The van der Waals surface area contributed by atoms with Gasteiger partial charge in [-0.2, -0.15) is 0 Å². The molecule has 1 aromatic rings. The minimum absolute atomic E-state index is 0.143. The summed E-state index contributed by atoms with van der Waals surface area (Å²) >= 11 is 6.00. The summed E-state index contributed by atoms with van der Waals surface area (Å²) in [5.41, 5.74) is 1.10. The molecule has 0 atom stereocenters. The average Bonchev–Trinajstić information content (AvgIpc) is 2.84. The second kappa shape index (κ2) is 2.84. The highest BCUT2D eigenvalue weighted by Crippen LogP contribution is 2.52. The molecule has 1 fully saturated rings. The Hall–Kier alpha value is -0.830. The van der Waals surface area contributed by atoms with E-state index in [9.17, 15) is 0 Å². The molecule has 3 nitrogen and oxygen atoms in total. The van der Waals surface area contributed by atoms with Gasteiger partial charge in [-0.3, -0.25) is 0 Å². The third kappa shape index (κ3) is 1.37. The molecular formula is C9H11ClN2O. The monoisotopic (exact) mass is 198 g/mol. The van der Waals surface area contributed by atoms with Crippen LogP contribution >= 0.6 is 11.6 Å². The number of hydrogen-bond acceptors (Lipinski definition) is 3. The molecule has 0 saturated heterocycles. The van der Waals surface area contributed by atoms with Gasteiger partial charge >= 0.3 is 0 Å². The number of rotatable bonds is 2. The van der Waals surface area contributed by atoms with Gasteiger partial charge in [-0.25, -0.2) is 9.97 Å². The molecule has 1 aliphatic carbocycles. The summed E-state index contributed by atoms with van der Waals surface area (Å²) in [4.78, 5) is 8.02. The highest BCUT2D eigenvalue weighted by Gasteiger charge is 2.43.